The van der Waals surface area contributed by atoms with Crippen LogP contribution in [0.3, 0.4) is 0 Å². The highest BCUT2D eigenvalue weighted by Gasteiger charge is 2.13. The monoisotopic (exact) mass is 276 g/mol. The number of carboxylic acid groups (broad SMARTS) is 1. The van der Waals surface area contributed by atoms with Crippen molar-refractivity contribution in [3.8, 4) is 5.88 Å². The zero-order valence-corrected chi connectivity index (χ0v) is 11.2. The standard InChI is InChI=1S/C14H16N2O4/c1-2-7-19-8-9-20-13-10-5-3-4-6-11(10)15-12(16-13)14(17)18/h3-6H,2,7-9H2,1H3,(H,17,18). The summed E-state index contributed by atoms with van der Waals surface area (Å²) in [7, 11) is 0. The van der Waals surface area contributed by atoms with Crippen molar-refractivity contribution in [3.63, 3.8) is 0 Å². The molecule has 0 fully saturated rings. The van der Waals surface area contributed by atoms with Crippen molar-refractivity contribution in [2.45, 2.75) is 13.3 Å². The van der Waals surface area contributed by atoms with Crippen LogP contribution in [0, 0.1) is 0 Å². The molecule has 6 nitrogen and oxygen atoms in total. The molecule has 1 heterocycles. The average molecular weight is 276 g/mol. The third-order valence-electron chi connectivity index (χ3n) is 2.57. The van der Waals surface area contributed by atoms with Crippen molar-refractivity contribution in [3.05, 3.63) is 30.1 Å². The first-order chi connectivity index (χ1) is 9.72. The number of fused-ring (bicyclic) bond motifs is 1. The van der Waals surface area contributed by atoms with Crippen LogP contribution in [0.1, 0.15) is 24.0 Å². The van der Waals surface area contributed by atoms with Crippen molar-refractivity contribution in [1.29, 1.82) is 0 Å². The van der Waals surface area contributed by atoms with Gasteiger partial charge in [-0.3, -0.25) is 0 Å². The molecule has 0 aliphatic heterocycles. The maximum absolute atomic E-state index is 11.0. The summed E-state index contributed by atoms with van der Waals surface area (Å²) in [5.41, 5.74) is 0.546. The van der Waals surface area contributed by atoms with Gasteiger partial charge in [0.2, 0.25) is 11.7 Å². The molecule has 0 saturated carbocycles. The van der Waals surface area contributed by atoms with E-state index in [9.17, 15) is 4.79 Å². The molecule has 0 bridgehead atoms. The lowest BCUT2D eigenvalue weighted by Gasteiger charge is -2.09. The second-order valence-electron chi connectivity index (χ2n) is 4.14. The van der Waals surface area contributed by atoms with Crippen molar-refractivity contribution in [2.75, 3.05) is 19.8 Å². The van der Waals surface area contributed by atoms with Crippen LogP contribution >= 0.6 is 0 Å². The first-order valence-corrected chi connectivity index (χ1v) is 6.43. The Hall–Kier alpha value is -2.21. The molecule has 2 aromatic rings. The minimum absolute atomic E-state index is 0.270. The normalized spacial score (nSPS) is 10.7. The van der Waals surface area contributed by atoms with E-state index in [4.69, 9.17) is 14.6 Å². The Kier molecular flexibility index (Phi) is 4.84. The van der Waals surface area contributed by atoms with E-state index in [-0.39, 0.29) is 11.7 Å². The van der Waals surface area contributed by atoms with Gasteiger partial charge < -0.3 is 14.6 Å². The van der Waals surface area contributed by atoms with Crippen molar-refractivity contribution < 1.29 is 19.4 Å². The molecule has 0 aliphatic rings. The Labute approximate surface area is 116 Å². The number of aromatic nitrogens is 2. The molecular formula is C14H16N2O4. The molecule has 0 amide bonds. The maximum Gasteiger partial charge on any atom is 0.374 e. The molecule has 0 aliphatic carbocycles. The maximum atomic E-state index is 11.0. The number of para-hydroxylation sites is 1. The van der Waals surface area contributed by atoms with Gasteiger partial charge in [0.25, 0.3) is 0 Å². The van der Waals surface area contributed by atoms with Gasteiger partial charge in [0, 0.05) is 6.61 Å². The van der Waals surface area contributed by atoms with Crippen LogP contribution in [0.25, 0.3) is 10.9 Å². The van der Waals surface area contributed by atoms with Crippen molar-refractivity contribution in [2.24, 2.45) is 0 Å². The van der Waals surface area contributed by atoms with E-state index in [1.165, 1.54) is 0 Å². The number of hydrogen-bond acceptors (Lipinski definition) is 5. The highest BCUT2D eigenvalue weighted by molar-refractivity contribution is 5.89. The molecule has 1 aromatic carbocycles. The predicted octanol–water partition coefficient (Wildman–Crippen LogP) is 2.13. The summed E-state index contributed by atoms with van der Waals surface area (Å²) in [6.07, 6.45) is 0.944. The van der Waals surface area contributed by atoms with E-state index in [2.05, 4.69) is 9.97 Å². The zero-order valence-electron chi connectivity index (χ0n) is 11.2. The Balaban J connectivity index is 2.19. The molecule has 0 spiro atoms. The van der Waals surface area contributed by atoms with Crippen LogP contribution in [-0.2, 0) is 4.74 Å². The molecule has 2 rings (SSSR count). The number of carboxylic acids is 1. The molecule has 0 unspecified atom stereocenters. The minimum atomic E-state index is -1.18. The van der Waals surface area contributed by atoms with Crippen LogP contribution in [0.2, 0.25) is 0 Å². The fourth-order valence-electron chi connectivity index (χ4n) is 1.70. The summed E-state index contributed by atoms with van der Waals surface area (Å²) >= 11 is 0. The Morgan fingerprint density at radius 1 is 1.20 bits per heavy atom. The molecule has 1 aromatic heterocycles. The number of benzene rings is 1. The third kappa shape index (κ3) is 3.42. The second kappa shape index (κ2) is 6.81. The molecule has 20 heavy (non-hydrogen) atoms. The van der Waals surface area contributed by atoms with E-state index < -0.39 is 5.97 Å². The fraction of sp³-hybridized carbons (Fsp3) is 0.357. The molecule has 0 radical (unpaired) electrons. The van der Waals surface area contributed by atoms with E-state index in [0.29, 0.717) is 30.7 Å². The molecule has 6 heteroatoms. The van der Waals surface area contributed by atoms with E-state index in [0.717, 1.165) is 6.42 Å². The second-order valence-corrected chi connectivity index (χ2v) is 4.14. The van der Waals surface area contributed by atoms with E-state index in [1.807, 2.05) is 13.0 Å². The van der Waals surface area contributed by atoms with Gasteiger partial charge in [0.1, 0.15) is 6.61 Å². The minimum Gasteiger partial charge on any atom is -0.475 e. The SMILES string of the molecule is CCCOCCOc1nc(C(=O)O)nc2ccccc12. The highest BCUT2D eigenvalue weighted by Crippen LogP contribution is 2.22. The van der Waals surface area contributed by atoms with Crippen LogP contribution in [-0.4, -0.2) is 40.9 Å². The topological polar surface area (TPSA) is 81.5 Å². The van der Waals surface area contributed by atoms with Gasteiger partial charge in [-0.1, -0.05) is 19.1 Å². The summed E-state index contributed by atoms with van der Waals surface area (Å²) < 4.78 is 10.8. The van der Waals surface area contributed by atoms with Crippen LogP contribution in [0.5, 0.6) is 5.88 Å². The van der Waals surface area contributed by atoms with Gasteiger partial charge in [-0.15, -0.1) is 0 Å². The molecular weight excluding hydrogens is 260 g/mol. The van der Waals surface area contributed by atoms with Gasteiger partial charge in [-0.05, 0) is 18.6 Å². The quantitative estimate of drug-likeness (QED) is 0.780. The van der Waals surface area contributed by atoms with Gasteiger partial charge in [0.05, 0.1) is 17.5 Å². The summed E-state index contributed by atoms with van der Waals surface area (Å²) in [4.78, 5) is 18.9. The molecule has 1 N–H and O–H groups in total. The van der Waals surface area contributed by atoms with Crippen LogP contribution in [0.4, 0.5) is 0 Å². The number of ether oxygens (including phenoxy) is 2. The summed E-state index contributed by atoms with van der Waals surface area (Å²) in [5.74, 6) is -1.18. The number of nitrogens with zero attached hydrogens (tertiary/aromatic N) is 2. The van der Waals surface area contributed by atoms with Gasteiger partial charge in [0.15, 0.2) is 0 Å². The molecule has 106 valence electrons. The lowest BCUT2D eigenvalue weighted by Crippen LogP contribution is -2.11. The molecule has 0 atom stereocenters. The smallest absolute Gasteiger partial charge is 0.374 e. The number of hydrogen-bond donors (Lipinski definition) is 1. The number of aromatic carboxylic acids is 1. The van der Waals surface area contributed by atoms with Crippen LogP contribution < -0.4 is 4.74 Å². The van der Waals surface area contributed by atoms with Crippen molar-refractivity contribution >= 4 is 16.9 Å². The van der Waals surface area contributed by atoms with E-state index >= 15 is 0 Å². The number of rotatable bonds is 7. The summed E-state index contributed by atoms with van der Waals surface area (Å²) in [6, 6.07) is 7.13. The van der Waals surface area contributed by atoms with Crippen LogP contribution in [0.15, 0.2) is 24.3 Å². The lowest BCUT2D eigenvalue weighted by atomic mass is 10.2. The Morgan fingerprint density at radius 2 is 2.00 bits per heavy atom. The van der Waals surface area contributed by atoms with Gasteiger partial charge >= 0.3 is 5.97 Å². The fourth-order valence-corrected chi connectivity index (χ4v) is 1.70. The largest absolute Gasteiger partial charge is 0.475 e. The summed E-state index contributed by atoms with van der Waals surface area (Å²) in [5, 5.41) is 9.69. The lowest BCUT2D eigenvalue weighted by molar-refractivity contribution is 0.0681. The Bertz CT molecular complexity index is 601. The van der Waals surface area contributed by atoms with Gasteiger partial charge in [-0.2, -0.15) is 4.98 Å². The number of carbonyl (C=O) groups is 1. The first-order valence-electron chi connectivity index (χ1n) is 6.43. The summed E-state index contributed by atoms with van der Waals surface area (Å²) in [6.45, 7) is 3.46. The first kappa shape index (κ1) is 14.2. The van der Waals surface area contributed by atoms with Crippen molar-refractivity contribution in [1.82, 2.24) is 9.97 Å². The van der Waals surface area contributed by atoms with Gasteiger partial charge in [-0.25, -0.2) is 9.78 Å². The Morgan fingerprint density at radius 3 is 2.75 bits per heavy atom. The third-order valence-corrected chi connectivity index (χ3v) is 2.57. The van der Waals surface area contributed by atoms with E-state index in [1.54, 1.807) is 18.2 Å². The average Bonchev–Trinajstić information content (AvgIpc) is 2.46. The highest BCUT2D eigenvalue weighted by atomic mass is 16.5. The zero-order chi connectivity index (χ0) is 14.4. The predicted molar refractivity (Wildman–Crippen MR) is 73.1 cm³/mol. The molecule has 0 saturated heterocycles.